The van der Waals surface area contributed by atoms with Crippen LogP contribution in [0.4, 0.5) is 15.8 Å². The molecule has 1 aliphatic heterocycles. The number of piperazine rings is 1. The van der Waals surface area contributed by atoms with Crippen LogP contribution < -0.4 is 16.0 Å². The predicted octanol–water partition coefficient (Wildman–Crippen LogP) is 2.18. The lowest BCUT2D eigenvalue weighted by Gasteiger charge is -2.29. The largest absolute Gasteiger partial charge is 0.504 e. The number of benzene rings is 2. The van der Waals surface area contributed by atoms with Gasteiger partial charge in [0.25, 0.3) is 0 Å². The minimum absolute atomic E-state index is 0.152. The standard InChI is InChI=1S/C20H21FN6O/c1-23-10-12-8-14(20(28)18(21)19(12)22)17-11-25-16-9-13(2-3-15(16)26-17)27-6-4-24-5-7-27/h2-3,8-11,24,28H,4-7,22H2,1H3. The molecule has 8 heteroatoms. The number of nitrogens with zero attached hydrogens (tertiary/aromatic N) is 4. The lowest BCUT2D eigenvalue weighted by atomic mass is 10.0. The van der Waals surface area contributed by atoms with Crippen molar-refractivity contribution in [1.29, 1.82) is 0 Å². The van der Waals surface area contributed by atoms with Crippen LogP contribution in [0.25, 0.3) is 22.3 Å². The van der Waals surface area contributed by atoms with Crippen molar-refractivity contribution < 1.29 is 9.50 Å². The van der Waals surface area contributed by atoms with Gasteiger partial charge in [-0.2, -0.15) is 0 Å². The lowest BCUT2D eigenvalue weighted by molar-refractivity contribution is 0.436. The normalized spacial score (nSPS) is 14.9. The third-order valence-corrected chi connectivity index (χ3v) is 4.86. The van der Waals surface area contributed by atoms with Crippen LogP contribution in [0.3, 0.4) is 0 Å². The molecule has 0 bridgehead atoms. The van der Waals surface area contributed by atoms with Crippen LogP contribution in [-0.4, -0.2) is 54.5 Å². The Morgan fingerprint density at radius 2 is 2.04 bits per heavy atom. The Labute approximate surface area is 161 Å². The number of hydrogen-bond acceptors (Lipinski definition) is 7. The highest BCUT2D eigenvalue weighted by Crippen LogP contribution is 2.35. The summed E-state index contributed by atoms with van der Waals surface area (Å²) in [6, 6.07) is 7.45. The van der Waals surface area contributed by atoms with Crippen molar-refractivity contribution in [2.75, 3.05) is 43.9 Å². The molecule has 0 unspecified atom stereocenters. The number of phenols is 1. The minimum Gasteiger partial charge on any atom is -0.504 e. The SMILES string of the molecule is CN=Cc1cc(-c2cnc3cc(N4CCNCC4)ccc3n2)c(O)c(F)c1N. The molecule has 144 valence electrons. The summed E-state index contributed by atoms with van der Waals surface area (Å²) in [5, 5.41) is 13.6. The maximum absolute atomic E-state index is 14.3. The molecule has 1 fully saturated rings. The number of nitrogens with two attached hydrogens (primary N) is 1. The molecule has 2 heterocycles. The Morgan fingerprint density at radius 1 is 1.25 bits per heavy atom. The third kappa shape index (κ3) is 3.22. The highest BCUT2D eigenvalue weighted by molar-refractivity contribution is 5.91. The van der Waals surface area contributed by atoms with Gasteiger partial charge in [0.05, 0.1) is 28.6 Å². The Balaban J connectivity index is 1.76. The molecule has 1 aromatic heterocycles. The molecule has 0 spiro atoms. The molecule has 0 aliphatic carbocycles. The van der Waals surface area contributed by atoms with Gasteiger partial charge in [-0.25, -0.2) is 9.37 Å². The van der Waals surface area contributed by atoms with E-state index in [-0.39, 0.29) is 11.3 Å². The lowest BCUT2D eigenvalue weighted by Crippen LogP contribution is -2.43. The summed E-state index contributed by atoms with van der Waals surface area (Å²) in [6.07, 6.45) is 2.97. The number of nitrogen functional groups attached to an aromatic ring is 1. The van der Waals surface area contributed by atoms with Crippen LogP contribution in [0.1, 0.15) is 5.56 Å². The van der Waals surface area contributed by atoms with Crippen molar-refractivity contribution in [2.24, 2.45) is 4.99 Å². The summed E-state index contributed by atoms with van der Waals surface area (Å²) >= 11 is 0. The molecule has 0 saturated carbocycles. The Kier molecular flexibility index (Phi) is 4.79. The van der Waals surface area contributed by atoms with Crippen molar-refractivity contribution in [3.8, 4) is 17.0 Å². The number of rotatable bonds is 3. The van der Waals surface area contributed by atoms with Crippen molar-refractivity contribution in [3.05, 3.63) is 41.8 Å². The van der Waals surface area contributed by atoms with Gasteiger partial charge < -0.3 is 21.1 Å². The van der Waals surface area contributed by atoms with Gasteiger partial charge in [-0.15, -0.1) is 0 Å². The number of halogens is 1. The number of aromatic hydroxyl groups is 1. The monoisotopic (exact) mass is 380 g/mol. The van der Waals surface area contributed by atoms with Crippen LogP contribution in [-0.2, 0) is 0 Å². The van der Waals surface area contributed by atoms with E-state index in [2.05, 4.69) is 25.2 Å². The van der Waals surface area contributed by atoms with Gasteiger partial charge in [0, 0.05) is 56.3 Å². The summed E-state index contributed by atoms with van der Waals surface area (Å²) in [4.78, 5) is 15.2. The van der Waals surface area contributed by atoms with Crippen molar-refractivity contribution in [2.45, 2.75) is 0 Å². The molecule has 2 aromatic carbocycles. The number of anilines is 2. The van der Waals surface area contributed by atoms with Gasteiger partial charge in [-0.05, 0) is 24.3 Å². The van der Waals surface area contributed by atoms with Gasteiger partial charge in [-0.3, -0.25) is 9.98 Å². The first-order chi connectivity index (χ1) is 13.6. The number of aromatic nitrogens is 2. The number of fused-ring (bicyclic) bond motifs is 1. The maximum Gasteiger partial charge on any atom is 0.189 e. The quantitative estimate of drug-likeness (QED) is 0.476. The van der Waals surface area contributed by atoms with E-state index in [1.54, 1.807) is 13.1 Å². The number of nitrogens with one attached hydrogen (secondary N) is 1. The van der Waals surface area contributed by atoms with Gasteiger partial charge in [0.15, 0.2) is 11.6 Å². The first-order valence-electron chi connectivity index (χ1n) is 9.04. The first kappa shape index (κ1) is 18.1. The second kappa shape index (κ2) is 7.40. The molecule has 0 amide bonds. The Bertz CT molecular complexity index is 1060. The molecule has 4 N–H and O–H groups in total. The minimum atomic E-state index is -0.886. The van der Waals surface area contributed by atoms with E-state index in [0.29, 0.717) is 16.8 Å². The summed E-state index contributed by atoms with van der Waals surface area (Å²) < 4.78 is 14.3. The fourth-order valence-corrected chi connectivity index (χ4v) is 3.36. The van der Waals surface area contributed by atoms with Gasteiger partial charge in [0.2, 0.25) is 0 Å². The maximum atomic E-state index is 14.3. The first-order valence-corrected chi connectivity index (χ1v) is 9.04. The highest BCUT2D eigenvalue weighted by atomic mass is 19.1. The zero-order chi connectivity index (χ0) is 19.7. The fraction of sp³-hybridized carbons (Fsp3) is 0.250. The molecule has 0 radical (unpaired) electrons. The van der Waals surface area contributed by atoms with Crippen LogP contribution >= 0.6 is 0 Å². The zero-order valence-corrected chi connectivity index (χ0v) is 15.5. The van der Waals surface area contributed by atoms with E-state index in [1.807, 2.05) is 18.2 Å². The summed E-state index contributed by atoms with van der Waals surface area (Å²) in [6.45, 7) is 3.79. The van der Waals surface area contributed by atoms with Crippen molar-refractivity contribution >= 4 is 28.6 Å². The van der Waals surface area contributed by atoms with Crippen LogP contribution in [0.15, 0.2) is 35.5 Å². The van der Waals surface area contributed by atoms with Gasteiger partial charge >= 0.3 is 0 Å². The van der Waals surface area contributed by atoms with Crippen LogP contribution in [0.5, 0.6) is 5.75 Å². The fourth-order valence-electron chi connectivity index (χ4n) is 3.36. The average Bonchev–Trinajstić information content (AvgIpc) is 2.74. The average molecular weight is 380 g/mol. The van der Waals surface area contributed by atoms with E-state index in [1.165, 1.54) is 12.4 Å². The topological polar surface area (TPSA) is 99.7 Å². The molecular formula is C20H21FN6O. The summed E-state index contributed by atoms with van der Waals surface area (Å²) in [7, 11) is 1.57. The molecule has 1 aliphatic rings. The van der Waals surface area contributed by atoms with Crippen molar-refractivity contribution in [3.63, 3.8) is 0 Å². The highest BCUT2D eigenvalue weighted by Gasteiger charge is 2.18. The van der Waals surface area contributed by atoms with E-state index < -0.39 is 11.6 Å². The summed E-state index contributed by atoms with van der Waals surface area (Å²) in [5.41, 5.74) is 9.04. The number of phenolic OH excluding ortho intramolecular Hbond substituents is 1. The molecule has 3 aromatic rings. The molecular weight excluding hydrogens is 359 g/mol. The van der Waals surface area contributed by atoms with Crippen LogP contribution in [0.2, 0.25) is 0 Å². The molecule has 28 heavy (non-hydrogen) atoms. The summed E-state index contributed by atoms with van der Waals surface area (Å²) in [5.74, 6) is -1.43. The Hall–Kier alpha value is -3.26. The van der Waals surface area contributed by atoms with Gasteiger partial charge in [-0.1, -0.05) is 0 Å². The predicted molar refractivity (Wildman–Crippen MR) is 110 cm³/mol. The van der Waals surface area contributed by atoms with Crippen LogP contribution in [0, 0.1) is 5.82 Å². The molecule has 7 nitrogen and oxygen atoms in total. The van der Waals surface area contributed by atoms with E-state index >= 15 is 0 Å². The van der Waals surface area contributed by atoms with E-state index in [4.69, 9.17) is 5.73 Å². The number of hydrogen-bond donors (Lipinski definition) is 3. The van der Waals surface area contributed by atoms with Crippen molar-refractivity contribution in [1.82, 2.24) is 15.3 Å². The molecule has 0 atom stereocenters. The Morgan fingerprint density at radius 3 is 2.79 bits per heavy atom. The molecule has 4 rings (SSSR count). The zero-order valence-electron chi connectivity index (χ0n) is 15.5. The second-order valence-corrected chi connectivity index (χ2v) is 6.64. The third-order valence-electron chi connectivity index (χ3n) is 4.86. The number of aliphatic imine (C=N–C) groups is 1. The smallest absolute Gasteiger partial charge is 0.189 e. The van der Waals surface area contributed by atoms with E-state index in [0.717, 1.165) is 37.4 Å². The van der Waals surface area contributed by atoms with E-state index in [9.17, 15) is 9.50 Å². The van der Waals surface area contributed by atoms with Gasteiger partial charge in [0.1, 0.15) is 0 Å². The molecule has 1 saturated heterocycles. The second-order valence-electron chi connectivity index (χ2n) is 6.64.